The van der Waals surface area contributed by atoms with Gasteiger partial charge in [-0.15, -0.1) is 0 Å². The van der Waals surface area contributed by atoms with Crippen molar-refractivity contribution in [3.63, 3.8) is 0 Å². The molecule has 0 amide bonds. The average molecular weight is 181 g/mol. The van der Waals surface area contributed by atoms with Crippen molar-refractivity contribution in [2.45, 2.75) is 18.8 Å². The van der Waals surface area contributed by atoms with E-state index in [1.54, 1.807) is 7.05 Å². The third kappa shape index (κ3) is 3.14. The van der Waals surface area contributed by atoms with Gasteiger partial charge in [0.25, 0.3) is 0 Å². The molecule has 1 unspecified atom stereocenters. The molecule has 1 rings (SSSR count). The second kappa shape index (κ2) is 4.97. The van der Waals surface area contributed by atoms with Crippen LogP contribution in [0.5, 0.6) is 0 Å². The van der Waals surface area contributed by atoms with E-state index in [2.05, 4.69) is 5.32 Å². The summed E-state index contributed by atoms with van der Waals surface area (Å²) >= 11 is 0. The molecule has 0 heterocycles. The molecule has 1 aromatic rings. The zero-order valence-electron chi connectivity index (χ0n) is 7.64. The smallest absolute Gasteiger partial charge is 0.167 e. The zero-order chi connectivity index (χ0) is 9.68. The lowest BCUT2D eigenvalue weighted by atomic mass is 10.1. The summed E-state index contributed by atoms with van der Waals surface area (Å²) in [5.74, 6) is 0. The molecule has 1 atom stereocenters. The average Bonchev–Trinajstić information content (AvgIpc) is 2.15. The van der Waals surface area contributed by atoms with Gasteiger partial charge in [0, 0.05) is 0 Å². The van der Waals surface area contributed by atoms with Crippen molar-refractivity contribution in [3.05, 3.63) is 35.9 Å². The molecule has 0 radical (unpaired) electrons. The topological polar surface area (TPSA) is 52.5 Å². The van der Waals surface area contributed by atoms with Gasteiger partial charge >= 0.3 is 0 Å². The van der Waals surface area contributed by atoms with Crippen LogP contribution in [0.4, 0.5) is 0 Å². The van der Waals surface area contributed by atoms with Crippen molar-refractivity contribution in [2.24, 2.45) is 0 Å². The summed E-state index contributed by atoms with van der Waals surface area (Å²) < 4.78 is 0. The predicted octanol–water partition coefficient (Wildman–Crippen LogP) is 0.128. The first-order chi connectivity index (χ1) is 6.24. The van der Waals surface area contributed by atoms with Gasteiger partial charge < -0.3 is 15.5 Å². The fourth-order valence-corrected chi connectivity index (χ4v) is 1.22. The molecule has 3 N–H and O–H groups in total. The summed E-state index contributed by atoms with van der Waals surface area (Å²) in [5.41, 5.74) is 1.09. The molecule has 0 aliphatic heterocycles. The van der Waals surface area contributed by atoms with Gasteiger partial charge in [0.1, 0.15) is 0 Å². The monoisotopic (exact) mass is 181 g/mol. The molecule has 13 heavy (non-hydrogen) atoms. The predicted molar refractivity (Wildman–Crippen MR) is 51.2 cm³/mol. The molecule has 3 heteroatoms. The standard InChI is InChI=1S/C10H15NO2/c1-11-9(10(12)13)7-8-5-3-2-4-6-8/h2-6,9-13H,7H2,1H3. The molecule has 3 nitrogen and oxygen atoms in total. The lowest BCUT2D eigenvalue weighted by Crippen LogP contribution is -2.39. The van der Waals surface area contributed by atoms with E-state index in [0.29, 0.717) is 6.42 Å². The van der Waals surface area contributed by atoms with Gasteiger partial charge in [-0.05, 0) is 19.0 Å². The largest absolute Gasteiger partial charge is 0.367 e. The Morgan fingerprint density at radius 2 is 1.85 bits per heavy atom. The molecular weight excluding hydrogens is 166 g/mol. The second-order valence-electron chi connectivity index (χ2n) is 3.00. The molecule has 0 saturated carbocycles. The van der Waals surface area contributed by atoms with Crippen molar-refractivity contribution < 1.29 is 10.2 Å². The Morgan fingerprint density at radius 1 is 1.23 bits per heavy atom. The van der Waals surface area contributed by atoms with Gasteiger partial charge in [-0.1, -0.05) is 30.3 Å². The zero-order valence-corrected chi connectivity index (χ0v) is 7.64. The van der Waals surface area contributed by atoms with E-state index >= 15 is 0 Å². The fraction of sp³-hybridized carbons (Fsp3) is 0.400. The minimum absolute atomic E-state index is 0.303. The van der Waals surface area contributed by atoms with Crippen LogP contribution in [-0.2, 0) is 6.42 Å². The number of hydrogen-bond acceptors (Lipinski definition) is 3. The van der Waals surface area contributed by atoms with Gasteiger partial charge in [-0.25, -0.2) is 0 Å². The summed E-state index contributed by atoms with van der Waals surface area (Å²) in [6.07, 6.45) is -0.695. The maximum atomic E-state index is 8.97. The summed E-state index contributed by atoms with van der Waals surface area (Å²) in [4.78, 5) is 0. The van der Waals surface area contributed by atoms with Gasteiger partial charge in [0.15, 0.2) is 6.29 Å². The number of nitrogens with one attached hydrogen (secondary N) is 1. The molecule has 0 saturated heterocycles. The summed E-state index contributed by atoms with van der Waals surface area (Å²) in [7, 11) is 1.72. The number of likely N-dealkylation sites (N-methyl/N-ethyl adjacent to an activating group) is 1. The Morgan fingerprint density at radius 3 is 2.31 bits per heavy atom. The Kier molecular flexibility index (Phi) is 3.89. The van der Waals surface area contributed by atoms with Crippen LogP contribution in [0.25, 0.3) is 0 Å². The van der Waals surface area contributed by atoms with Gasteiger partial charge in [0.2, 0.25) is 0 Å². The first-order valence-electron chi connectivity index (χ1n) is 4.31. The van der Waals surface area contributed by atoms with Crippen molar-refractivity contribution in [1.82, 2.24) is 5.32 Å². The Labute approximate surface area is 78.0 Å². The maximum Gasteiger partial charge on any atom is 0.167 e. The lowest BCUT2D eigenvalue weighted by molar-refractivity contribution is -0.0650. The van der Waals surface area contributed by atoms with E-state index < -0.39 is 6.29 Å². The molecular formula is C10H15NO2. The van der Waals surface area contributed by atoms with Gasteiger partial charge in [-0.3, -0.25) is 0 Å². The highest BCUT2D eigenvalue weighted by atomic mass is 16.5. The Balaban J connectivity index is 2.57. The van der Waals surface area contributed by atoms with E-state index in [1.165, 1.54) is 0 Å². The van der Waals surface area contributed by atoms with E-state index in [9.17, 15) is 0 Å². The van der Waals surface area contributed by atoms with Crippen molar-refractivity contribution in [3.8, 4) is 0 Å². The normalized spacial score (nSPS) is 13.2. The molecule has 1 aromatic carbocycles. The van der Waals surface area contributed by atoms with Crippen molar-refractivity contribution >= 4 is 0 Å². The SMILES string of the molecule is CNC(Cc1ccccc1)C(O)O. The lowest BCUT2D eigenvalue weighted by Gasteiger charge is -2.17. The molecule has 0 spiro atoms. The Hall–Kier alpha value is -0.900. The summed E-state index contributed by atoms with van der Waals surface area (Å²) in [6.45, 7) is 0. The summed E-state index contributed by atoms with van der Waals surface area (Å²) in [5, 5.41) is 20.8. The molecule has 72 valence electrons. The highest BCUT2D eigenvalue weighted by Gasteiger charge is 2.13. The second-order valence-corrected chi connectivity index (χ2v) is 3.00. The van der Waals surface area contributed by atoms with Crippen LogP contribution in [0.2, 0.25) is 0 Å². The first kappa shape index (κ1) is 10.2. The van der Waals surface area contributed by atoms with Gasteiger partial charge in [0.05, 0.1) is 6.04 Å². The fourth-order valence-electron chi connectivity index (χ4n) is 1.22. The van der Waals surface area contributed by atoms with E-state index in [1.807, 2.05) is 30.3 Å². The first-order valence-corrected chi connectivity index (χ1v) is 4.31. The highest BCUT2D eigenvalue weighted by molar-refractivity contribution is 5.15. The molecule has 0 aliphatic carbocycles. The maximum absolute atomic E-state index is 8.97. The Bertz CT molecular complexity index is 236. The quantitative estimate of drug-likeness (QED) is 0.579. The number of aliphatic hydroxyl groups is 2. The van der Waals surface area contributed by atoms with Crippen LogP contribution in [0, 0.1) is 0 Å². The minimum atomic E-state index is -1.31. The number of rotatable bonds is 4. The van der Waals surface area contributed by atoms with E-state index in [4.69, 9.17) is 10.2 Å². The molecule has 0 aliphatic rings. The van der Waals surface area contributed by atoms with Crippen LogP contribution in [0.15, 0.2) is 30.3 Å². The number of aliphatic hydroxyl groups excluding tert-OH is 1. The minimum Gasteiger partial charge on any atom is -0.367 e. The number of benzene rings is 1. The van der Waals surface area contributed by atoms with E-state index in [0.717, 1.165) is 5.56 Å². The molecule has 0 bridgehead atoms. The third-order valence-corrected chi connectivity index (χ3v) is 2.03. The van der Waals surface area contributed by atoms with Crippen LogP contribution in [0.3, 0.4) is 0 Å². The van der Waals surface area contributed by atoms with Crippen LogP contribution < -0.4 is 5.32 Å². The van der Waals surface area contributed by atoms with Crippen LogP contribution in [0.1, 0.15) is 5.56 Å². The highest BCUT2D eigenvalue weighted by Crippen LogP contribution is 2.04. The third-order valence-electron chi connectivity index (χ3n) is 2.03. The van der Waals surface area contributed by atoms with Crippen molar-refractivity contribution in [1.29, 1.82) is 0 Å². The molecule has 0 fully saturated rings. The van der Waals surface area contributed by atoms with Gasteiger partial charge in [-0.2, -0.15) is 0 Å². The number of hydrogen-bond donors (Lipinski definition) is 3. The summed E-state index contributed by atoms with van der Waals surface area (Å²) in [6, 6.07) is 9.44. The van der Waals surface area contributed by atoms with Crippen molar-refractivity contribution in [2.75, 3.05) is 7.05 Å². The van der Waals surface area contributed by atoms with E-state index in [-0.39, 0.29) is 6.04 Å². The van der Waals surface area contributed by atoms with Crippen LogP contribution in [-0.4, -0.2) is 29.6 Å². The molecule has 0 aromatic heterocycles. The van der Waals surface area contributed by atoms with Crippen LogP contribution >= 0.6 is 0 Å².